The number of rotatable bonds is 3. The quantitative estimate of drug-likeness (QED) is 0.803. The molecule has 0 saturated carbocycles. The largest absolute Gasteiger partial charge is 0.395 e. The van der Waals surface area contributed by atoms with Crippen LogP contribution in [-0.4, -0.2) is 40.9 Å². The molecule has 1 unspecified atom stereocenters. The van der Waals surface area contributed by atoms with Crippen LogP contribution in [0.1, 0.15) is 24.0 Å². The van der Waals surface area contributed by atoms with Crippen molar-refractivity contribution >= 4 is 0 Å². The zero-order chi connectivity index (χ0) is 13.7. The number of hydrogen-bond donors (Lipinski definition) is 2. The summed E-state index contributed by atoms with van der Waals surface area (Å²) in [6, 6.07) is 5.02. The lowest BCUT2D eigenvalue weighted by molar-refractivity contribution is 0.152. The van der Waals surface area contributed by atoms with Gasteiger partial charge in [0, 0.05) is 23.7 Å². The Hall–Kier alpha value is -1.41. The lowest BCUT2D eigenvalue weighted by Gasteiger charge is -2.22. The van der Waals surface area contributed by atoms with Crippen molar-refractivity contribution < 1.29 is 14.6 Å². The van der Waals surface area contributed by atoms with E-state index >= 15 is 0 Å². The first kappa shape index (κ1) is 14.0. The van der Waals surface area contributed by atoms with Crippen LogP contribution >= 0.6 is 0 Å². The summed E-state index contributed by atoms with van der Waals surface area (Å²) in [6.45, 7) is 1.32. The minimum Gasteiger partial charge on any atom is -0.395 e. The average molecular weight is 263 g/mol. The lowest BCUT2D eigenvalue weighted by atomic mass is 10.1. The third kappa shape index (κ3) is 3.54. The third-order valence-corrected chi connectivity index (χ3v) is 3.45. The van der Waals surface area contributed by atoms with Gasteiger partial charge in [0.15, 0.2) is 0 Å². The molecule has 1 aliphatic rings. The van der Waals surface area contributed by atoms with Crippen molar-refractivity contribution in [1.82, 2.24) is 4.90 Å². The predicted molar refractivity (Wildman–Crippen MR) is 70.9 cm³/mol. The maximum atomic E-state index is 13.9. The van der Waals surface area contributed by atoms with Gasteiger partial charge in [0.1, 0.15) is 12.4 Å². The van der Waals surface area contributed by atoms with Gasteiger partial charge in [-0.1, -0.05) is 17.9 Å². The molecule has 1 atom stereocenters. The summed E-state index contributed by atoms with van der Waals surface area (Å²) in [7, 11) is 0. The van der Waals surface area contributed by atoms with Crippen LogP contribution in [0.5, 0.6) is 0 Å². The van der Waals surface area contributed by atoms with E-state index in [1.54, 1.807) is 12.1 Å². The van der Waals surface area contributed by atoms with E-state index in [-0.39, 0.29) is 25.1 Å². The summed E-state index contributed by atoms with van der Waals surface area (Å²) < 4.78 is 13.9. The van der Waals surface area contributed by atoms with E-state index in [1.807, 2.05) is 0 Å². The van der Waals surface area contributed by atoms with E-state index in [9.17, 15) is 9.50 Å². The minimum atomic E-state index is -0.284. The highest BCUT2D eigenvalue weighted by molar-refractivity contribution is 5.37. The van der Waals surface area contributed by atoms with Gasteiger partial charge in [-0.15, -0.1) is 0 Å². The molecule has 102 valence electrons. The Kier molecular flexibility index (Phi) is 4.92. The zero-order valence-electron chi connectivity index (χ0n) is 10.8. The maximum absolute atomic E-state index is 13.9. The SMILES string of the molecule is OCC#Cc1ccc(CN2CCCC2CO)c(F)c1. The Morgan fingerprint density at radius 2 is 2.21 bits per heavy atom. The molecule has 0 bridgehead atoms. The molecule has 1 aliphatic heterocycles. The Bertz CT molecular complexity index is 493. The molecule has 3 nitrogen and oxygen atoms in total. The van der Waals surface area contributed by atoms with E-state index in [0.29, 0.717) is 17.7 Å². The average Bonchev–Trinajstić information content (AvgIpc) is 2.86. The van der Waals surface area contributed by atoms with Crippen molar-refractivity contribution in [1.29, 1.82) is 0 Å². The van der Waals surface area contributed by atoms with E-state index < -0.39 is 0 Å². The van der Waals surface area contributed by atoms with Crippen LogP contribution in [0.25, 0.3) is 0 Å². The maximum Gasteiger partial charge on any atom is 0.128 e. The smallest absolute Gasteiger partial charge is 0.128 e. The number of nitrogens with zero attached hydrogens (tertiary/aromatic N) is 1. The first-order valence-corrected chi connectivity index (χ1v) is 6.47. The molecule has 1 aromatic rings. The Balaban J connectivity index is 2.08. The second kappa shape index (κ2) is 6.67. The monoisotopic (exact) mass is 263 g/mol. The molecule has 1 saturated heterocycles. The van der Waals surface area contributed by atoms with Crippen molar-refractivity contribution in [3.8, 4) is 11.8 Å². The fourth-order valence-corrected chi connectivity index (χ4v) is 2.42. The van der Waals surface area contributed by atoms with Gasteiger partial charge >= 0.3 is 0 Å². The van der Waals surface area contributed by atoms with Crippen LogP contribution in [0.4, 0.5) is 4.39 Å². The van der Waals surface area contributed by atoms with Gasteiger partial charge in [0.05, 0.1) is 6.61 Å². The molecule has 0 spiro atoms. The highest BCUT2D eigenvalue weighted by Crippen LogP contribution is 2.21. The number of benzene rings is 1. The van der Waals surface area contributed by atoms with E-state index in [1.165, 1.54) is 6.07 Å². The number of likely N-dealkylation sites (tertiary alicyclic amines) is 1. The number of hydrogen-bond acceptors (Lipinski definition) is 3. The minimum absolute atomic E-state index is 0.127. The lowest BCUT2D eigenvalue weighted by Crippen LogP contribution is -2.31. The molecule has 19 heavy (non-hydrogen) atoms. The summed E-state index contributed by atoms with van der Waals surface area (Å²) in [4.78, 5) is 2.11. The molecule has 0 aromatic heterocycles. The molecular weight excluding hydrogens is 245 g/mol. The fourth-order valence-electron chi connectivity index (χ4n) is 2.42. The highest BCUT2D eigenvalue weighted by Gasteiger charge is 2.24. The third-order valence-electron chi connectivity index (χ3n) is 3.45. The van der Waals surface area contributed by atoms with E-state index in [2.05, 4.69) is 16.7 Å². The predicted octanol–water partition coefficient (Wildman–Crippen LogP) is 1.13. The van der Waals surface area contributed by atoms with Gasteiger partial charge in [0.25, 0.3) is 0 Å². The van der Waals surface area contributed by atoms with Crippen LogP contribution in [0, 0.1) is 17.7 Å². The molecular formula is C15H18FNO2. The molecule has 2 rings (SSSR count). The van der Waals surface area contributed by atoms with Crippen LogP contribution < -0.4 is 0 Å². The zero-order valence-corrected chi connectivity index (χ0v) is 10.8. The van der Waals surface area contributed by atoms with Gasteiger partial charge in [-0.25, -0.2) is 4.39 Å². The molecule has 1 fully saturated rings. The summed E-state index contributed by atoms with van der Waals surface area (Å²) in [5, 5.41) is 17.8. The highest BCUT2D eigenvalue weighted by atomic mass is 19.1. The number of aliphatic hydroxyl groups excluding tert-OH is 2. The molecule has 0 radical (unpaired) electrons. The molecule has 1 aromatic carbocycles. The second-order valence-corrected chi connectivity index (χ2v) is 4.72. The van der Waals surface area contributed by atoms with Crippen LogP contribution in [-0.2, 0) is 6.54 Å². The van der Waals surface area contributed by atoms with Gasteiger partial charge in [-0.3, -0.25) is 4.90 Å². The Morgan fingerprint density at radius 1 is 1.37 bits per heavy atom. The Labute approximate surface area is 112 Å². The van der Waals surface area contributed by atoms with Crippen LogP contribution in [0.15, 0.2) is 18.2 Å². The topological polar surface area (TPSA) is 43.7 Å². The van der Waals surface area contributed by atoms with Gasteiger partial charge in [-0.05, 0) is 31.5 Å². The summed E-state index contributed by atoms with van der Waals surface area (Å²) >= 11 is 0. The van der Waals surface area contributed by atoms with Crippen LogP contribution in [0.2, 0.25) is 0 Å². The number of aliphatic hydroxyl groups is 2. The standard InChI is InChI=1S/C15H18FNO2/c16-15-9-12(3-2-8-18)5-6-13(15)10-17-7-1-4-14(17)11-19/h5-6,9,14,18-19H,1,4,7-8,10-11H2. The second-order valence-electron chi connectivity index (χ2n) is 4.72. The van der Waals surface area contributed by atoms with Crippen molar-refractivity contribution in [2.24, 2.45) is 0 Å². The molecule has 4 heteroatoms. The van der Waals surface area contributed by atoms with Crippen molar-refractivity contribution in [3.05, 3.63) is 35.1 Å². The normalized spacial score (nSPS) is 19.2. The van der Waals surface area contributed by atoms with Gasteiger partial charge in [0.2, 0.25) is 0 Å². The van der Waals surface area contributed by atoms with E-state index in [4.69, 9.17) is 5.11 Å². The summed E-state index contributed by atoms with van der Waals surface area (Å²) in [6.07, 6.45) is 2.02. The summed E-state index contributed by atoms with van der Waals surface area (Å²) in [5.41, 5.74) is 1.19. The first-order chi connectivity index (χ1) is 9.24. The van der Waals surface area contributed by atoms with Crippen molar-refractivity contribution in [2.45, 2.75) is 25.4 Å². The first-order valence-electron chi connectivity index (χ1n) is 6.47. The van der Waals surface area contributed by atoms with E-state index in [0.717, 1.165) is 19.4 Å². The van der Waals surface area contributed by atoms with Crippen molar-refractivity contribution in [2.75, 3.05) is 19.8 Å². The van der Waals surface area contributed by atoms with Crippen molar-refractivity contribution in [3.63, 3.8) is 0 Å². The molecule has 1 heterocycles. The molecule has 0 aliphatic carbocycles. The van der Waals surface area contributed by atoms with Gasteiger partial charge < -0.3 is 10.2 Å². The fraction of sp³-hybridized carbons (Fsp3) is 0.467. The molecule has 0 amide bonds. The summed E-state index contributed by atoms with van der Waals surface area (Å²) in [5.74, 6) is 4.89. The Morgan fingerprint density at radius 3 is 2.89 bits per heavy atom. The van der Waals surface area contributed by atoms with Crippen LogP contribution in [0.3, 0.4) is 0 Å². The number of halogens is 1. The molecule has 2 N–H and O–H groups in total. The van der Waals surface area contributed by atoms with Gasteiger partial charge in [-0.2, -0.15) is 0 Å².